The minimum atomic E-state index is -0.936. The highest BCUT2D eigenvalue weighted by Crippen LogP contribution is 2.21. The van der Waals surface area contributed by atoms with Crippen LogP contribution >= 0.6 is 0 Å². The lowest BCUT2D eigenvalue weighted by molar-refractivity contribution is -0.143. The Morgan fingerprint density at radius 2 is 2.21 bits per heavy atom. The van der Waals surface area contributed by atoms with Gasteiger partial charge >= 0.3 is 5.97 Å². The molecule has 19 heavy (non-hydrogen) atoms. The molecular formula is C13H15F2NO3. The zero-order chi connectivity index (χ0) is 14.0. The van der Waals surface area contributed by atoms with Crippen LogP contribution in [0.4, 0.5) is 8.78 Å². The maximum absolute atomic E-state index is 13.5. The Balaban J connectivity index is 2.10. The van der Waals surface area contributed by atoms with Crippen LogP contribution in [0.1, 0.15) is 5.56 Å². The third-order valence-corrected chi connectivity index (χ3v) is 3.36. The van der Waals surface area contributed by atoms with Gasteiger partial charge in [-0.05, 0) is 25.2 Å². The molecule has 0 saturated carbocycles. The maximum atomic E-state index is 13.5. The van der Waals surface area contributed by atoms with Gasteiger partial charge in [0.05, 0.1) is 19.1 Å². The number of likely N-dealkylation sites (N-methyl/N-ethyl adjacent to an activating group) is 1. The first kappa shape index (κ1) is 13.9. The van der Waals surface area contributed by atoms with E-state index >= 15 is 0 Å². The normalized spacial score (nSPS) is 22.9. The Kier molecular flexibility index (Phi) is 4.11. The molecule has 1 N–H and O–H groups in total. The van der Waals surface area contributed by atoms with Crippen LogP contribution in [-0.2, 0) is 16.1 Å². The van der Waals surface area contributed by atoms with Gasteiger partial charge in [-0.1, -0.05) is 0 Å². The fourth-order valence-corrected chi connectivity index (χ4v) is 2.26. The van der Waals surface area contributed by atoms with E-state index in [1.54, 1.807) is 11.9 Å². The smallest absolute Gasteiger partial charge is 0.310 e. The standard InChI is InChI=1S/C13H15F2NO3/c1-16(12-7-19-6-10(12)13(17)18)5-8-4-9(14)2-3-11(8)15/h2-4,10,12H,5-7H2,1H3,(H,17,18). The number of nitrogens with zero attached hydrogens (tertiary/aromatic N) is 1. The number of carbonyl (C=O) groups is 1. The number of hydrogen-bond acceptors (Lipinski definition) is 3. The molecule has 0 aliphatic carbocycles. The second-order valence-corrected chi connectivity index (χ2v) is 4.70. The fourth-order valence-electron chi connectivity index (χ4n) is 2.26. The van der Waals surface area contributed by atoms with E-state index in [0.717, 1.165) is 18.2 Å². The first-order valence-corrected chi connectivity index (χ1v) is 5.93. The Morgan fingerprint density at radius 3 is 2.89 bits per heavy atom. The lowest BCUT2D eigenvalue weighted by Gasteiger charge is -2.26. The third kappa shape index (κ3) is 3.08. The zero-order valence-corrected chi connectivity index (χ0v) is 10.5. The highest BCUT2D eigenvalue weighted by molar-refractivity contribution is 5.71. The van der Waals surface area contributed by atoms with E-state index in [4.69, 9.17) is 9.84 Å². The summed E-state index contributed by atoms with van der Waals surface area (Å²) in [6.07, 6.45) is 0. The predicted octanol–water partition coefficient (Wildman–Crippen LogP) is 1.50. The van der Waals surface area contributed by atoms with Gasteiger partial charge in [-0.3, -0.25) is 9.69 Å². The van der Waals surface area contributed by atoms with E-state index in [-0.39, 0.29) is 31.4 Å². The van der Waals surface area contributed by atoms with Gasteiger partial charge in [0.1, 0.15) is 11.6 Å². The number of aliphatic carboxylic acids is 1. The van der Waals surface area contributed by atoms with Crippen molar-refractivity contribution < 1.29 is 23.4 Å². The molecule has 0 bridgehead atoms. The molecule has 2 unspecified atom stereocenters. The molecule has 2 rings (SSSR count). The van der Waals surface area contributed by atoms with E-state index in [2.05, 4.69) is 0 Å². The molecule has 0 amide bonds. The van der Waals surface area contributed by atoms with Crippen molar-refractivity contribution in [2.75, 3.05) is 20.3 Å². The van der Waals surface area contributed by atoms with Crippen LogP contribution in [0.5, 0.6) is 0 Å². The van der Waals surface area contributed by atoms with Crippen LogP contribution < -0.4 is 0 Å². The van der Waals surface area contributed by atoms with Gasteiger partial charge in [0.25, 0.3) is 0 Å². The largest absolute Gasteiger partial charge is 0.481 e. The molecule has 4 nitrogen and oxygen atoms in total. The van der Waals surface area contributed by atoms with Crippen LogP contribution in [0.3, 0.4) is 0 Å². The van der Waals surface area contributed by atoms with Crippen molar-refractivity contribution in [3.63, 3.8) is 0 Å². The Hall–Kier alpha value is -1.53. The molecule has 2 atom stereocenters. The van der Waals surface area contributed by atoms with Gasteiger partial charge in [-0.15, -0.1) is 0 Å². The van der Waals surface area contributed by atoms with Crippen molar-refractivity contribution in [2.24, 2.45) is 5.92 Å². The lowest BCUT2D eigenvalue weighted by atomic mass is 10.0. The number of ether oxygens (including phenoxy) is 1. The van der Waals surface area contributed by atoms with Crippen molar-refractivity contribution in [3.05, 3.63) is 35.4 Å². The quantitative estimate of drug-likeness (QED) is 0.901. The monoisotopic (exact) mass is 271 g/mol. The third-order valence-electron chi connectivity index (χ3n) is 3.36. The van der Waals surface area contributed by atoms with Gasteiger partial charge in [-0.25, -0.2) is 8.78 Å². The second-order valence-electron chi connectivity index (χ2n) is 4.70. The molecule has 1 aliphatic rings. The minimum absolute atomic E-state index is 0.140. The summed E-state index contributed by atoms with van der Waals surface area (Å²) in [7, 11) is 1.68. The van der Waals surface area contributed by atoms with E-state index in [9.17, 15) is 13.6 Å². The average molecular weight is 271 g/mol. The Labute approximate surface area is 109 Å². The first-order chi connectivity index (χ1) is 8.99. The molecule has 0 radical (unpaired) electrons. The van der Waals surface area contributed by atoms with Gasteiger partial charge < -0.3 is 9.84 Å². The number of hydrogen-bond donors (Lipinski definition) is 1. The van der Waals surface area contributed by atoms with E-state index in [0.29, 0.717) is 0 Å². The van der Waals surface area contributed by atoms with Crippen molar-refractivity contribution in [3.8, 4) is 0 Å². The number of halogens is 2. The van der Waals surface area contributed by atoms with Gasteiger partial charge in [-0.2, -0.15) is 0 Å². The fraction of sp³-hybridized carbons (Fsp3) is 0.462. The highest BCUT2D eigenvalue weighted by atomic mass is 19.1. The van der Waals surface area contributed by atoms with E-state index < -0.39 is 23.5 Å². The van der Waals surface area contributed by atoms with Crippen molar-refractivity contribution in [1.82, 2.24) is 4.90 Å². The van der Waals surface area contributed by atoms with Gasteiger partial charge in [0.15, 0.2) is 0 Å². The summed E-state index contributed by atoms with van der Waals surface area (Å²) >= 11 is 0. The summed E-state index contributed by atoms with van der Waals surface area (Å²) < 4.78 is 31.8. The van der Waals surface area contributed by atoms with Crippen LogP contribution in [0.25, 0.3) is 0 Å². The Morgan fingerprint density at radius 1 is 1.47 bits per heavy atom. The minimum Gasteiger partial charge on any atom is -0.481 e. The van der Waals surface area contributed by atoms with Crippen LogP contribution in [0.15, 0.2) is 18.2 Å². The topological polar surface area (TPSA) is 49.8 Å². The van der Waals surface area contributed by atoms with Gasteiger partial charge in [0, 0.05) is 18.2 Å². The molecule has 104 valence electrons. The summed E-state index contributed by atoms with van der Waals surface area (Å²) in [5.41, 5.74) is 0.207. The lowest BCUT2D eigenvalue weighted by Crippen LogP contribution is -2.40. The average Bonchev–Trinajstić information content (AvgIpc) is 2.83. The molecule has 0 aromatic heterocycles. The second kappa shape index (κ2) is 5.63. The van der Waals surface area contributed by atoms with Crippen LogP contribution in [0.2, 0.25) is 0 Å². The van der Waals surface area contributed by atoms with Crippen molar-refractivity contribution in [2.45, 2.75) is 12.6 Å². The summed E-state index contributed by atoms with van der Waals surface area (Å²) in [6, 6.07) is 2.91. The number of carboxylic acids is 1. The molecule has 1 heterocycles. The molecule has 1 aliphatic heterocycles. The van der Waals surface area contributed by atoms with Crippen molar-refractivity contribution in [1.29, 1.82) is 0 Å². The summed E-state index contributed by atoms with van der Waals surface area (Å²) in [5.74, 6) is -2.59. The number of benzene rings is 1. The molecule has 1 aromatic rings. The van der Waals surface area contributed by atoms with E-state index in [1.165, 1.54) is 0 Å². The molecule has 1 saturated heterocycles. The summed E-state index contributed by atoms with van der Waals surface area (Å²) in [4.78, 5) is 12.7. The van der Waals surface area contributed by atoms with Crippen molar-refractivity contribution >= 4 is 5.97 Å². The van der Waals surface area contributed by atoms with Crippen LogP contribution in [0, 0.1) is 17.6 Å². The summed E-state index contributed by atoms with van der Waals surface area (Å²) in [6.45, 7) is 0.571. The molecule has 6 heteroatoms. The maximum Gasteiger partial charge on any atom is 0.310 e. The van der Waals surface area contributed by atoms with Crippen LogP contribution in [-0.4, -0.2) is 42.3 Å². The number of rotatable bonds is 4. The van der Waals surface area contributed by atoms with Gasteiger partial charge in [0.2, 0.25) is 0 Å². The Bertz CT molecular complexity index is 481. The molecule has 0 spiro atoms. The highest BCUT2D eigenvalue weighted by Gasteiger charge is 2.36. The first-order valence-electron chi connectivity index (χ1n) is 5.93. The number of carboxylic acid groups (broad SMARTS) is 1. The molecule has 1 fully saturated rings. The zero-order valence-electron chi connectivity index (χ0n) is 10.5. The summed E-state index contributed by atoms with van der Waals surface area (Å²) in [5, 5.41) is 9.06. The SMILES string of the molecule is CN(Cc1cc(F)ccc1F)C1COCC1C(=O)O. The molecule has 1 aromatic carbocycles. The predicted molar refractivity (Wildman–Crippen MR) is 63.6 cm³/mol. The molecular weight excluding hydrogens is 256 g/mol. The van der Waals surface area contributed by atoms with E-state index in [1.807, 2.05) is 0 Å².